The molecule has 1 amide bonds. The van der Waals surface area contributed by atoms with Gasteiger partial charge in [0.1, 0.15) is 6.10 Å². The first-order valence-electron chi connectivity index (χ1n) is 9.19. The van der Waals surface area contributed by atoms with E-state index in [1.165, 1.54) is 16.1 Å². The lowest BCUT2D eigenvalue weighted by atomic mass is 9.95. The van der Waals surface area contributed by atoms with Gasteiger partial charge in [-0.25, -0.2) is 12.7 Å². The lowest BCUT2D eigenvalue weighted by Crippen LogP contribution is -2.52. The summed E-state index contributed by atoms with van der Waals surface area (Å²) in [6.45, 7) is 5.98. The van der Waals surface area contributed by atoms with E-state index in [-0.39, 0.29) is 24.0 Å². The zero-order valence-electron chi connectivity index (χ0n) is 15.7. The monoisotopic (exact) mass is 380 g/mol. The standard InChI is InChI=1S/C19H28N2O4S/c1-14-4-6-16(7-5-14)18-12-21(15(2)13-25-18)19(22)17-8-10-20(11-9-17)26(3,23)24/h4-7,15,17-18H,8-13H2,1-3H3. The van der Waals surface area contributed by atoms with Crippen LogP contribution < -0.4 is 0 Å². The van der Waals surface area contributed by atoms with E-state index in [9.17, 15) is 13.2 Å². The summed E-state index contributed by atoms with van der Waals surface area (Å²) in [5, 5.41) is 0. The van der Waals surface area contributed by atoms with Crippen molar-refractivity contribution in [3.8, 4) is 0 Å². The van der Waals surface area contributed by atoms with Crippen LogP contribution in [0.5, 0.6) is 0 Å². The zero-order valence-corrected chi connectivity index (χ0v) is 16.5. The van der Waals surface area contributed by atoms with Crippen molar-refractivity contribution in [1.29, 1.82) is 0 Å². The molecule has 0 spiro atoms. The fourth-order valence-electron chi connectivity index (χ4n) is 3.72. The van der Waals surface area contributed by atoms with Crippen molar-refractivity contribution in [3.05, 3.63) is 35.4 Å². The van der Waals surface area contributed by atoms with E-state index in [0.29, 0.717) is 39.1 Å². The molecule has 0 saturated carbocycles. The highest BCUT2D eigenvalue weighted by Gasteiger charge is 2.36. The summed E-state index contributed by atoms with van der Waals surface area (Å²) in [5.74, 6) is 0.0262. The minimum absolute atomic E-state index is 0.0390. The molecule has 1 aromatic carbocycles. The van der Waals surface area contributed by atoms with E-state index in [2.05, 4.69) is 24.3 Å². The number of rotatable bonds is 3. The average molecular weight is 381 g/mol. The smallest absolute Gasteiger partial charge is 0.226 e. The molecule has 0 N–H and O–H groups in total. The summed E-state index contributed by atoms with van der Waals surface area (Å²) in [7, 11) is -3.17. The third-order valence-electron chi connectivity index (χ3n) is 5.44. The number of hydrogen-bond donors (Lipinski definition) is 0. The minimum Gasteiger partial charge on any atom is -0.370 e. The molecule has 3 rings (SSSR count). The van der Waals surface area contributed by atoms with Gasteiger partial charge in [0.15, 0.2) is 0 Å². The number of amides is 1. The molecule has 0 radical (unpaired) electrons. The first-order valence-corrected chi connectivity index (χ1v) is 11.0. The third kappa shape index (κ3) is 4.27. The highest BCUT2D eigenvalue weighted by Crippen LogP contribution is 2.29. The number of benzene rings is 1. The molecule has 144 valence electrons. The SMILES string of the molecule is Cc1ccc(C2CN(C(=O)C3CCN(S(C)(=O)=O)CC3)C(C)CO2)cc1. The molecular weight excluding hydrogens is 352 g/mol. The number of carbonyl (C=O) groups excluding carboxylic acids is 1. The van der Waals surface area contributed by atoms with Gasteiger partial charge in [-0.2, -0.15) is 0 Å². The highest BCUT2D eigenvalue weighted by molar-refractivity contribution is 7.88. The number of sulfonamides is 1. The molecule has 2 fully saturated rings. The fourth-order valence-corrected chi connectivity index (χ4v) is 4.59. The number of ether oxygens (including phenoxy) is 1. The Balaban J connectivity index is 1.65. The molecule has 7 heteroatoms. The van der Waals surface area contributed by atoms with Gasteiger partial charge < -0.3 is 9.64 Å². The topological polar surface area (TPSA) is 66.9 Å². The molecule has 0 aromatic heterocycles. The number of carbonyl (C=O) groups is 1. The third-order valence-corrected chi connectivity index (χ3v) is 6.74. The maximum atomic E-state index is 13.1. The lowest BCUT2D eigenvalue weighted by molar-refractivity contribution is -0.150. The van der Waals surface area contributed by atoms with E-state index in [4.69, 9.17) is 4.74 Å². The number of piperidine rings is 1. The normalized spacial score (nSPS) is 26.0. The van der Waals surface area contributed by atoms with Gasteiger partial charge in [-0.1, -0.05) is 29.8 Å². The van der Waals surface area contributed by atoms with Gasteiger partial charge in [-0.15, -0.1) is 0 Å². The summed E-state index contributed by atoms with van der Waals surface area (Å²) in [5.41, 5.74) is 2.29. The van der Waals surface area contributed by atoms with Crippen molar-refractivity contribution in [2.75, 3.05) is 32.5 Å². The van der Waals surface area contributed by atoms with Crippen LogP contribution in [0.3, 0.4) is 0 Å². The van der Waals surface area contributed by atoms with Gasteiger partial charge in [-0.05, 0) is 32.3 Å². The van der Waals surface area contributed by atoms with Crippen molar-refractivity contribution >= 4 is 15.9 Å². The van der Waals surface area contributed by atoms with E-state index < -0.39 is 10.0 Å². The van der Waals surface area contributed by atoms with Gasteiger partial charge in [0.25, 0.3) is 0 Å². The van der Waals surface area contributed by atoms with Crippen molar-refractivity contribution in [1.82, 2.24) is 9.21 Å². The largest absolute Gasteiger partial charge is 0.370 e. The van der Waals surface area contributed by atoms with E-state index in [1.807, 2.05) is 18.7 Å². The van der Waals surface area contributed by atoms with Crippen LogP contribution in [-0.2, 0) is 19.6 Å². The van der Waals surface area contributed by atoms with Gasteiger partial charge in [0, 0.05) is 19.0 Å². The summed E-state index contributed by atoms with van der Waals surface area (Å²) in [4.78, 5) is 15.0. The van der Waals surface area contributed by atoms with E-state index in [1.54, 1.807) is 0 Å². The van der Waals surface area contributed by atoms with Crippen LogP contribution >= 0.6 is 0 Å². The van der Waals surface area contributed by atoms with Gasteiger partial charge in [-0.3, -0.25) is 4.79 Å². The van der Waals surface area contributed by atoms with Crippen molar-refractivity contribution in [2.24, 2.45) is 5.92 Å². The van der Waals surface area contributed by atoms with Crippen LogP contribution in [0.4, 0.5) is 0 Å². The molecule has 0 aliphatic carbocycles. The van der Waals surface area contributed by atoms with Crippen LogP contribution in [0.2, 0.25) is 0 Å². The Morgan fingerprint density at radius 3 is 2.35 bits per heavy atom. The molecule has 1 aromatic rings. The van der Waals surface area contributed by atoms with Crippen LogP contribution in [0.25, 0.3) is 0 Å². The second-order valence-corrected chi connectivity index (χ2v) is 9.49. The number of hydrogen-bond acceptors (Lipinski definition) is 4. The summed E-state index contributed by atoms with van der Waals surface area (Å²) in [6.07, 6.45) is 2.30. The molecule has 2 aliphatic heterocycles. The molecule has 6 nitrogen and oxygen atoms in total. The summed E-state index contributed by atoms with van der Waals surface area (Å²) < 4.78 is 30.7. The molecule has 2 heterocycles. The Hall–Kier alpha value is -1.44. The van der Waals surface area contributed by atoms with E-state index in [0.717, 1.165) is 5.56 Å². The predicted molar refractivity (Wildman–Crippen MR) is 100 cm³/mol. The lowest BCUT2D eigenvalue weighted by Gasteiger charge is -2.41. The highest BCUT2D eigenvalue weighted by atomic mass is 32.2. The first kappa shape index (κ1) is 19.3. The molecule has 26 heavy (non-hydrogen) atoms. The van der Waals surface area contributed by atoms with Crippen LogP contribution in [0.1, 0.15) is 37.0 Å². The summed E-state index contributed by atoms with van der Waals surface area (Å²) in [6, 6.07) is 8.28. The molecule has 2 unspecified atom stereocenters. The second-order valence-electron chi connectivity index (χ2n) is 7.51. The van der Waals surface area contributed by atoms with Gasteiger partial charge in [0.05, 0.1) is 25.4 Å². The Bertz CT molecular complexity index is 739. The molecule has 2 atom stereocenters. The Morgan fingerprint density at radius 1 is 1.15 bits per heavy atom. The van der Waals surface area contributed by atoms with Gasteiger partial charge in [0.2, 0.25) is 15.9 Å². The Labute approximate surface area is 156 Å². The van der Waals surface area contributed by atoms with Crippen molar-refractivity contribution in [3.63, 3.8) is 0 Å². The second kappa shape index (κ2) is 7.66. The average Bonchev–Trinajstić information content (AvgIpc) is 2.62. The quantitative estimate of drug-likeness (QED) is 0.804. The van der Waals surface area contributed by atoms with E-state index >= 15 is 0 Å². The van der Waals surface area contributed by atoms with Crippen LogP contribution in [0.15, 0.2) is 24.3 Å². The van der Waals surface area contributed by atoms with Crippen LogP contribution in [-0.4, -0.2) is 62.1 Å². The number of nitrogens with zero attached hydrogens (tertiary/aromatic N) is 2. The Kier molecular flexibility index (Phi) is 5.69. The van der Waals surface area contributed by atoms with Crippen LogP contribution in [0, 0.1) is 12.8 Å². The number of aryl methyl sites for hydroxylation is 1. The van der Waals surface area contributed by atoms with Gasteiger partial charge >= 0.3 is 0 Å². The zero-order chi connectivity index (χ0) is 18.9. The van der Waals surface area contributed by atoms with Crippen molar-refractivity contribution in [2.45, 2.75) is 38.8 Å². The molecule has 0 bridgehead atoms. The maximum Gasteiger partial charge on any atom is 0.226 e. The van der Waals surface area contributed by atoms with Crippen molar-refractivity contribution < 1.29 is 17.9 Å². The number of morpholine rings is 1. The minimum atomic E-state index is -3.17. The Morgan fingerprint density at radius 2 is 1.77 bits per heavy atom. The molecular formula is C19H28N2O4S. The maximum absolute atomic E-state index is 13.1. The molecule has 2 aliphatic rings. The predicted octanol–water partition coefficient (Wildman–Crippen LogP) is 1.96. The first-order chi connectivity index (χ1) is 12.3. The fraction of sp³-hybridized carbons (Fsp3) is 0.632. The molecule has 2 saturated heterocycles. The summed E-state index contributed by atoms with van der Waals surface area (Å²) >= 11 is 0.